The molecule has 0 aromatic carbocycles. The summed E-state index contributed by atoms with van der Waals surface area (Å²) in [4.78, 5) is 12.4. The molecule has 0 radical (unpaired) electrons. The Morgan fingerprint density at radius 3 is 2.65 bits per heavy atom. The van der Waals surface area contributed by atoms with Crippen molar-refractivity contribution in [3.63, 3.8) is 0 Å². The Bertz CT molecular complexity index is 698. The predicted octanol–water partition coefficient (Wildman–Crippen LogP) is 2.78. The van der Waals surface area contributed by atoms with Crippen molar-refractivity contribution in [1.82, 2.24) is 10.5 Å². The fourth-order valence-corrected chi connectivity index (χ4v) is 2.71. The highest BCUT2D eigenvalue weighted by Crippen LogP contribution is 2.26. The number of aryl methyl sites for hydroxylation is 4. The van der Waals surface area contributed by atoms with Gasteiger partial charge in [0.1, 0.15) is 28.4 Å². The number of aliphatic hydroxyl groups is 1. The van der Waals surface area contributed by atoms with Crippen molar-refractivity contribution in [1.29, 1.82) is 0 Å². The van der Waals surface area contributed by atoms with E-state index in [9.17, 15) is 9.90 Å². The van der Waals surface area contributed by atoms with Gasteiger partial charge in [0.2, 0.25) is 0 Å². The Morgan fingerprint density at radius 2 is 2.09 bits per heavy atom. The van der Waals surface area contributed by atoms with E-state index in [-0.39, 0.29) is 12.5 Å². The third-order valence-electron chi connectivity index (χ3n) is 3.85. The monoisotopic (exact) mass is 320 g/mol. The maximum atomic E-state index is 12.4. The zero-order valence-electron chi connectivity index (χ0n) is 14.3. The maximum absolute atomic E-state index is 12.4. The summed E-state index contributed by atoms with van der Waals surface area (Å²) in [5.74, 6) is 1.67. The predicted molar refractivity (Wildman–Crippen MR) is 85.3 cm³/mol. The van der Waals surface area contributed by atoms with Crippen LogP contribution in [-0.4, -0.2) is 22.7 Å². The minimum absolute atomic E-state index is 0.0713. The first-order valence-corrected chi connectivity index (χ1v) is 7.79. The lowest BCUT2D eigenvalue weighted by atomic mass is 9.96. The topological polar surface area (TPSA) is 88.5 Å². The maximum Gasteiger partial charge on any atom is 0.256 e. The molecule has 0 aliphatic heterocycles. The SMILES string of the molecule is CCCc1onc(C)c1C(=O)NCC(C)(O)c1cc(C)oc1C. The number of hydrogen-bond donors (Lipinski definition) is 2. The molecule has 0 saturated carbocycles. The summed E-state index contributed by atoms with van der Waals surface area (Å²) in [5.41, 5.74) is 0.475. The van der Waals surface area contributed by atoms with Crippen molar-refractivity contribution in [2.24, 2.45) is 0 Å². The highest BCUT2D eigenvalue weighted by atomic mass is 16.5. The van der Waals surface area contributed by atoms with E-state index in [0.29, 0.717) is 34.8 Å². The van der Waals surface area contributed by atoms with Crippen molar-refractivity contribution < 1.29 is 18.8 Å². The lowest BCUT2D eigenvalue weighted by molar-refractivity contribution is 0.0513. The van der Waals surface area contributed by atoms with Gasteiger partial charge in [0.05, 0.1) is 12.2 Å². The molecule has 2 aromatic rings. The van der Waals surface area contributed by atoms with Gasteiger partial charge < -0.3 is 19.4 Å². The van der Waals surface area contributed by atoms with Crippen LogP contribution in [0.25, 0.3) is 0 Å². The summed E-state index contributed by atoms with van der Waals surface area (Å²) in [5, 5.41) is 17.3. The first-order chi connectivity index (χ1) is 10.8. The first-order valence-electron chi connectivity index (χ1n) is 7.79. The van der Waals surface area contributed by atoms with Gasteiger partial charge in [-0.05, 0) is 40.2 Å². The van der Waals surface area contributed by atoms with E-state index in [1.54, 1.807) is 26.8 Å². The number of furan rings is 1. The Balaban J connectivity index is 2.12. The number of carbonyl (C=O) groups excluding carboxylic acids is 1. The van der Waals surface area contributed by atoms with Gasteiger partial charge in [-0.15, -0.1) is 0 Å². The molecule has 23 heavy (non-hydrogen) atoms. The fraction of sp³-hybridized carbons (Fsp3) is 0.529. The zero-order valence-corrected chi connectivity index (χ0v) is 14.3. The molecule has 2 N–H and O–H groups in total. The molecule has 6 nitrogen and oxygen atoms in total. The van der Waals surface area contributed by atoms with Crippen molar-refractivity contribution in [3.8, 4) is 0 Å². The lowest BCUT2D eigenvalue weighted by Crippen LogP contribution is -2.39. The first kappa shape index (κ1) is 17.3. The second-order valence-electron chi connectivity index (χ2n) is 6.10. The van der Waals surface area contributed by atoms with Gasteiger partial charge in [-0.3, -0.25) is 4.79 Å². The molecule has 0 spiro atoms. The summed E-state index contributed by atoms with van der Waals surface area (Å²) >= 11 is 0. The van der Waals surface area contributed by atoms with Crippen LogP contribution in [0.2, 0.25) is 0 Å². The van der Waals surface area contributed by atoms with Gasteiger partial charge in [-0.1, -0.05) is 12.1 Å². The lowest BCUT2D eigenvalue weighted by Gasteiger charge is -2.23. The molecular weight excluding hydrogens is 296 g/mol. The molecule has 2 heterocycles. The summed E-state index contributed by atoms with van der Waals surface area (Å²) in [6.07, 6.45) is 1.51. The van der Waals surface area contributed by atoms with Crippen LogP contribution in [0.5, 0.6) is 0 Å². The van der Waals surface area contributed by atoms with E-state index in [0.717, 1.165) is 12.2 Å². The van der Waals surface area contributed by atoms with Crippen molar-refractivity contribution in [3.05, 3.63) is 40.2 Å². The zero-order chi connectivity index (χ0) is 17.2. The Morgan fingerprint density at radius 1 is 1.39 bits per heavy atom. The quantitative estimate of drug-likeness (QED) is 0.854. The third kappa shape index (κ3) is 3.64. The van der Waals surface area contributed by atoms with Gasteiger partial charge in [0.25, 0.3) is 5.91 Å². The van der Waals surface area contributed by atoms with E-state index >= 15 is 0 Å². The summed E-state index contributed by atoms with van der Waals surface area (Å²) in [6, 6.07) is 1.79. The molecule has 1 atom stereocenters. The summed E-state index contributed by atoms with van der Waals surface area (Å²) < 4.78 is 10.7. The molecule has 0 aliphatic rings. The fourth-order valence-electron chi connectivity index (χ4n) is 2.71. The molecule has 0 saturated heterocycles. The van der Waals surface area contributed by atoms with Gasteiger partial charge in [0.15, 0.2) is 0 Å². The Kier molecular flexibility index (Phi) is 4.94. The van der Waals surface area contributed by atoms with Crippen LogP contribution in [-0.2, 0) is 12.0 Å². The number of aromatic nitrogens is 1. The standard InChI is InChI=1S/C17H24N2O4/c1-6-7-14-15(11(3)19-23-14)16(20)18-9-17(5,21)13-8-10(2)22-12(13)4/h8,21H,6-7,9H2,1-5H3,(H,18,20). The average Bonchev–Trinajstić information content (AvgIpc) is 3.00. The van der Waals surface area contributed by atoms with E-state index < -0.39 is 5.60 Å². The van der Waals surface area contributed by atoms with Crippen LogP contribution < -0.4 is 5.32 Å². The molecular formula is C17H24N2O4. The van der Waals surface area contributed by atoms with Crippen LogP contribution in [0.3, 0.4) is 0 Å². The van der Waals surface area contributed by atoms with E-state index in [1.807, 2.05) is 13.8 Å². The molecule has 126 valence electrons. The van der Waals surface area contributed by atoms with Crippen LogP contribution >= 0.6 is 0 Å². The van der Waals surface area contributed by atoms with Crippen molar-refractivity contribution >= 4 is 5.91 Å². The van der Waals surface area contributed by atoms with Crippen molar-refractivity contribution in [2.75, 3.05) is 6.54 Å². The number of hydrogen-bond acceptors (Lipinski definition) is 5. The molecule has 1 amide bonds. The minimum atomic E-state index is -1.21. The Labute approximate surface area is 135 Å². The minimum Gasteiger partial charge on any atom is -0.466 e. The largest absolute Gasteiger partial charge is 0.466 e. The molecule has 2 aromatic heterocycles. The van der Waals surface area contributed by atoms with Crippen LogP contribution in [0.4, 0.5) is 0 Å². The molecule has 0 bridgehead atoms. The number of carbonyl (C=O) groups is 1. The van der Waals surface area contributed by atoms with Crippen LogP contribution in [0.1, 0.15) is 59.2 Å². The highest BCUT2D eigenvalue weighted by Gasteiger charge is 2.29. The average molecular weight is 320 g/mol. The summed E-state index contributed by atoms with van der Waals surface area (Å²) in [7, 11) is 0. The summed E-state index contributed by atoms with van der Waals surface area (Å²) in [6.45, 7) is 9.08. The highest BCUT2D eigenvalue weighted by molar-refractivity contribution is 5.96. The van der Waals surface area contributed by atoms with Gasteiger partial charge in [-0.2, -0.15) is 0 Å². The van der Waals surface area contributed by atoms with Crippen LogP contribution in [0, 0.1) is 20.8 Å². The molecule has 0 fully saturated rings. The van der Waals surface area contributed by atoms with Crippen molar-refractivity contribution in [2.45, 2.75) is 53.1 Å². The van der Waals surface area contributed by atoms with Gasteiger partial charge in [-0.25, -0.2) is 0 Å². The molecule has 0 aliphatic carbocycles. The number of nitrogens with one attached hydrogen (secondary N) is 1. The molecule has 6 heteroatoms. The van der Waals surface area contributed by atoms with Crippen LogP contribution in [0.15, 0.2) is 15.0 Å². The smallest absolute Gasteiger partial charge is 0.256 e. The Hall–Kier alpha value is -2.08. The van der Waals surface area contributed by atoms with Gasteiger partial charge in [0, 0.05) is 12.0 Å². The normalized spacial score (nSPS) is 13.8. The van der Waals surface area contributed by atoms with E-state index in [4.69, 9.17) is 8.94 Å². The third-order valence-corrected chi connectivity index (χ3v) is 3.85. The van der Waals surface area contributed by atoms with Gasteiger partial charge >= 0.3 is 0 Å². The van der Waals surface area contributed by atoms with E-state index in [1.165, 1.54) is 0 Å². The second kappa shape index (κ2) is 6.58. The number of amides is 1. The van der Waals surface area contributed by atoms with E-state index in [2.05, 4.69) is 10.5 Å². The molecule has 1 unspecified atom stereocenters. The molecule has 2 rings (SSSR count). The second-order valence-corrected chi connectivity index (χ2v) is 6.10. The number of rotatable bonds is 6. The number of nitrogens with zero attached hydrogens (tertiary/aromatic N) is 1.